The van der Waals surface area contributed by atoms with Crippen molar-refractivity contribution in [3.05, 3.63) is 77.1 Å². The Morgan fingerprint density at radius 3 is 2.38 bits per heavy atom. The number of nitrogens with one attached hydrogen (secondary N) is 1. The highest BCUT2D eigenvalue weighted by atomic mass is 35.5. The summed E-state index contributed by atoms with van der Waals surface area (Å²) in [5, 5.41) is 13.3. The number of ether oxygens (including phenoxy) is 1. The van der Waals surface area contributed by atoms with Crippen LogP contribution in [0.4, 0.5) is 5.69 Å². The van der Waals surface area contributed by atoms with Gasteiger partial charge in [-0.25, -0.2) is 4.79 Å². The van der Waals surface area contributed by atoms with Gasteiger partial charge in [0.25, 0.3) is 0 Å². The molecule has 0 aliphatic heterocycles. The summed E-state index contributed by atoms with van der Waals surface area (Å²) in [7, 11) is 0. The first-order valence-corrected chi connectivity index (χ1v) is 13.3. The van der Waals surface area contributed by atoms with Gasteiger partial charge < -0.3 is 15.2 Å². The van der Waals surface area contributed by atoms with E-state index in [9.17, 15) is 14.7 Å². The number of anilines is 1. The fraction of sp³-hybridized carbons (Fsp3) is 0.367. The molecule has 192 valence electrons. The summed E-state index contributed by atoms with van der Waals surface area (Å²) in [6, 6.07) is 15.4. The van der Waals surface area contributed by atoms with E-state index >= 15 is 0 Å². The van der Waals surface area contributed by atoms with E-state index in [2.05, 4.69) is 10.3 Å². The van der Waals surface area contributed by atoms with E-state index in [4.69, 9.17) is 16.3 Å². The van der Waals surface area contributed by atoms with Crippen molar-refractivity contribution in [2.24, 2.45) is 11.8 Å². The summed E-state index contributed by atoms with van der Waals surface area (Å²) in [5.74, 6) is -0.474. The topological polar surface area (TPSA) is 88.5 Å². The molecule has 0 spiro atoms. The normalized spacial score (nSPS) is 17.2. The summed E-state index contributed by atoms with van der Waals surface area (Å²) in [6.45, 7) is 1.86. The molecule has 2 aliphatic carbocycles. The van der Waals surface area contributed by atoms with Gasteiger partial charge in [0.05, 0.1) is 10.9 Å². The number of halogens is 1. The van der Waals surface area contributed by atoms with Crippen LogP contribution in [0.2, 0.25) is 5.02 Å². The van der Waals surface area contributed by atoms with Crippen LogP contribution in [0.15, 0.2) is 60.9 Å². The molecule has 7 heteroatoms. The molecule has 6 nitrogen and oxygen atoms in total. The highest BCUT2D eigenvalue weighted by Gasteiger charge is 2.38. The van der Waals surface area contributed by atoms with Crippen molar-refractivity contribution in [1.29, 1.82) is 0 Å². The lowest BCUT2D eigenvalue weighted by Crippen LogP contribution is -2.29. The Balaban J connectivity index is 1.38. The average molecular weight is 519 g/mol. The first-order chi connectivity index (χ1) is 17.9. The standard InChI is InChI=1S/C30H31ClN2O4/c1-18-25(7-4-8-26(18)37-28(30(35)36)22-13-14-22)33-29(34)27(20-5-2-3-6-20)21-11-9-19(10-12-21)23-15-24(31)17-32-16-23/h4,7-12,15-17,20,22,27-28H,2-3,5-6,13-14H2,1H3,(H,33,34)(H,35,36). The maximum atomic E-state index is 13.7. The number of hydrogen-bond acceptors (Lipinski definition) is 4. The second kappa shape index (κ2) is 10.9. The van der Waals surface area contributed by atoms with Gasteiger partial charge in [-0.2, -0.15) is 0 Å². The van der Waals surface area contributed by atoms with E-state index in [1.165, 1.54) is 0 Å². The van der Waals surface area contributed by atoms with E-state index in [-0.39, 0.29) is 23.7 Å². The minimum atomic E-state index is -0.949. The maximum Gasteiger partial charge on any atom is 0.345 e. The van der Waals surface area contributed by atoms with Crippen molar-refractivity contribution in [2.45, 2.75) is 57.5 Å². The van der Waals surface area contributed by atoms with Crippen molar-refractivity contribution in [1.82, 2.24) is 4.98 Å². The van der Waals surface area contributed by atoms with Crippen molar-refractivity contribution in [3.63, 3.8) is 0 Å². The number of hydrogen-bond donors (Lipinski definition) is 2. The van der Waals surface area contributed by atoms with Gasteiger partial charge in [-0.1, -0.05) is 54.8 Å². The van der Waals surface area contributed by atoms with Gasteiger partial charge in [0, 0.05) is 35.1 Å². The third-order valence-electron chi connectivity index (χ3n) is 7.55. The summed E-state index contributed by atoms with van der Waals surface area (Å²) in [5.41, 5.74) is 4.28. The fourth-order valence-corrected chi connectivity index (χ4v) is 5.53. The molecule has 1 amide bonds. The van der Waals surface area contributed by atoms with Gasteiger partial charge >= 0.3 is 5.97 Å². The van der Waals surface area contributed by atoms with Gasteiger partial charge in [-0.3, -0.25) is 9.78 Å². The van der Waals surface area contributed by atoms with E-state index in [1.807, 2.05) is 43.3 Å². The Labute approximate surface area is 222 Å². The Morgan fingerprint density at radius 2 is 1.73 bits per heavy atom. The van der Waals surface area contributed by atoms with E-state index in [1.54, 1.807) is 24.5 Å². The molecule has 2 atom stereocenters. The summed E-state index contributed by atoms with van der Waals surface area (Å²) >= 11 is 6.11. The van der Waals surface area contributed by atoms with E-state index in [0.29, 0.717) is 16.5 Å². The number of pyridine rings is 1. The number of carbonyl (C=O) groups excluding carboxylic acids is 1. The molecule has 2 aromatic carbocycles. The van der Waals surface area contributed by atoms with Crippen LogP contribution < -0.4 is 10.1 Å². The second-order valence-electron chi connectivity index (χ2n) is 10.2. The number of carboxylic acids is 1. The SMILES string of the molecule is Cc1c(NC(=O)C(c2ccc(-c3cncc(Cl)c3)cc2)C2CCCC2)cccc1OC(C(=O)O)C1CC1. The number of rotatable bonds is 9. The molecule has 0 saturated heterocycles. The molecular weight excluding hydrogens is 488 g/mol. The number of nitrogens with zero attached hydrogens (tertiary/aromatic N) is 1. The highest BCUT2D eigenvalue weighted by Crippen LogP contribution is 2.40. The average Bonchev–Trinajstić information content (AvgIpc) is 3.59. The quantitative estimate of drug-likeness (QED) is 0.323. The van der Waals surface area contributed by atoms with Crippen molar-refractivity contribution in [2.75, 3.05) is 5.32 Å². The Kier molecular flexibility index (Phi) is 7.47. The molecule has 3 aromatic rings. The minimum absolute atomic E-state index is 0.0487. The number of benzene rings is 2. The van der Waals surface area contributed by atoms with Gasteiger partial charge in [-0.15, -0.1) is 0 Å². The van der Waals surface area contributed by atoms with Crippen molar-refractivity contribution in [3.8, 4) is 16.9 Å². The van der Waals surface area contributed by atoms with Crippen LogP contribution in [0.5, 0.6) is 5.75 Å². The fourth-order valence-electron chi connectivity index (χ4n) is 5.35. The van der Waals surface area contributed by atoms with Crippen LogP contribution in [-0.4, -0.2) is 28.1 Å². The predicted octanol–water partition coefficient (Wildman–Crippen LogP) is 6.86. The minimum Gasteiger partial charge on any atom is -0.478 e. The zero-order valence-corrected chi connectivity index (χ0v) is 21.6. The molecule has 0 bridgehead atoms. The molecule has 2 fully saturated rings. The smallest absolute Gasteiger partial charge is 0.345 e. The number of carbonyl (C=O) groups is 2. The molecule has 2 saturated carbocycles. The third-order valence-corrected chi connectivity index (χ3v) is 7.76. The van der Waals surface area contributed by atoms with Gasteiger partial charge in [0.15, 0.2) is 6.10 Å². The molecule has 37 heavy (non-hydrogen) atoms. The lowest BCUT2D eigenvalue weighted by atomic mass is 9.83. The highest BCUT2D eigenvalue weighted by molar-refractivity contribution is 6.30. The molecular formula is C30H31ClN2O4. The molecule has 5 rings (SSSR count). The summed E-state index contributed by atoms with van der Waals surface area (Å²) < 4.78 is 5.90. The van der Waals surface area contributed by atoms with Gasteiger partial charge in [0.1, 0.15) is 5.75 Å². The van der Waals surface area contributed by atoms with E-state index < -0.39 is 12.1 Å². The van der Waals surface area contributed by atoms with Crippen molar-refractivity contribution >= 4 is 29.2 Å². The van der Waals surface area contributed by atoms with Crippen LogP contribution >= 0.6 is 11.6 Å². The number of amides is 1. The van der Waals surface area contributed by atoms with Crippen LogP contribution in [0, 0.1) is 18.8 Å². The predicted molar refractivity (Wildman–Crippen MR) is 144 cm³/mol. The summed E-state index contributed by atoms with van der Waals surface area (Å²) in [4.78, 5) is 29.6. The maximum absolute atomic E-state index is 13.7. The van der Waals surface area contributed by atoms with Crippen LogP contribution in [0.1, 0.15) is 55.6 Å². The molecule has 1 aromatic heterocycles. The summed E-state index contributed by atoms with van der Waals surface area (Å²) in [6.07, 6.45) is 8.53. The number of carboxylic acid groups (broad SMARTS) is 1. The van der Waals surface area contributed by atoms with Crippen LogP contribution in [0.3, 0.4) is 0 Å². The van der Waals surface area contributed by atoms with E-state index in [0.717, 1.165) is 60.8 Å². The molecule has 2 unspecified atom stereocenters. The number of aliphatic carboxylic acids is 1. The Hall–Kier alpha value is -3.38. The zero-order chi connectivity index (χ0) is 25.9. The first kappa shape index (κ1) is 25.3. The van der Waals surface area contributed by atoms with Crippen LogP contribution in [0.25, 0.3) is 11.1 Å². The Morgan fingerprint density at radius 1 is 1.00 bits per heavy atom. The third kappa shape index (κ3) is 5.80. The van der Waals surface area contributed by atoms with Crippen molar-refractivity contribution < 1.29 is 19.4 Å². The second-order valence-corrected chi connectivity index (χ2v) is 10.6. The van der Waals surface area contributed by atoms with Gasteiger partial charge in [0.2, 0.25) is 5.91 Å². The first-order valence-electron chi connectivity index (χ1n) is 12.9. The molecule has 0 radical (unpaired) electrons. The largest absolute Gasteiger partial charge is 0.478 e. The molecule has 2 N–H and O–H groups in total. The zero-order valence-electron chi connectivity index (χ0n) is 20.8. The molecule has 1 heterocycles. The van der Waals surface area contributed by atoms with Gasteiger partial charge in [-0.05, 0) is 67.9 Å². The lowest BCUT2D eigenvalue weighted by molar-refractivity contribution is -0.146. The molecule has 2 aliphatic rings. The monoisotopic (exact) mass is 518 g/mol. The number of aromatic nitrogens is 1. The Bertz CT molecular complexity index is 1280. The lowest BCUT2D eigenvalue weighted by Gasteiger charge is -2.24. The van der Waals surface area contributed by atoms with Crippen LogP contribution in [-0.2, 0) is 9.59 Å².